The van der Waals surface area contributed by atoms with Crippen LogP contribution in [0.2, 0.25) is 0 Å². The van der Waals surface area contributed by atoms with E-state index in [1.54, 1.807) is 6.20 Å². The van der Waals surface area contributed by atoms with Crippen LogP contribution < -0.4 is 10.5 Å². The molecule has 0 unspecified atom stereocenters. The fraction of sp³-hybridized carbons (Fsp3) is 0.625. The molecule has 0 saturated carbocycles. The fourth-order valence-electron chi connectivity index (χ4n) is 1.26. The number of nitrogen functional groups attached to an aromatic ring is 1. The molecule has 13 heavy (non-hydrogen) atoms. The van der Waals surface area contributed by atoms with Crippen LogP contribution in [0.5, 0.6) is 5.19 Å². The molecule has 0 aromatic carbocycles. The number of nitrogens with zero attached hydrogens (tertiary/aromatic N) is 1. The minimum absolute atomic E-state index is 0.249. The first kappa shape index (κ1) is 8.77. The molecule has 1 aromatic rings. The van der Waals surface area contributed by atoms with E-state index < -0.39 is 0 Å². The van der Waals surface area contributed by atoms with Gasteiger partial charge in [-0.2, -0.15) is 0 Å². The SMILES string of the molecule is Nc1cnc(OC2CCOCC2)s1. The van der Waals surface area contributed by atoms with E-state index in [2.05, 4.69) is 4.98 Å². The van der Waals surface area contributed by atoms with Gasteiger partial charge in [-0.1, -0.05) is 11.3 Å². The number of rotatable bonds is 2. The first-order valence-electron chi connectivity index (χ1n) is 4.30. The van der Waals surface area contributed by atoms with Gasteiger partial charge in [-0.3, -0.25) is 0 Å². The summed E-state index contributed by atoms with van der Waals surface area (Å²) in [6, 6.07) is 0. The van der Waals surface area contributed by atoms with Crippen LogP contribution in [0.1, 0.15) is 12.8 Å². The Balaban J connectivity index is 1.89. The van der Waals surface area contributed by atoms with E-state index in [-0.39, 0.29) is 6.10 Å². The van der Waals surface area contributed by atoms with Gasteiger partial charge in [-0.25, -0.2) is 4.98 Å². The van der Waals surface area contributed by atoms with Gasteiger partial charge in [0.25, 0.3) is 5.19 Å². The maximum Gasteiger partial charge on any atom is 0.275 e. The van der Waals surface area contributed by atoms with Crippen LogP contribution in [0.25, 0.3) is 0 Å². The summed E-state index contributed by atoms with van der Waals surface area (Å²) in [5.41, 5.74) is 5.54. The molecule has 0 radical (unpaired) electrons. The largest absolute Gasteiger partial charge is 0.466 e. The molecule has 5 heteroatoms. The average molecular weight is 200 g/mol. The Kier molecular flexibility index (Phi) is 2.65. The molecule has 0 bridgehead atoms. The molecule has 0 amide bonds. The van der Waals surface area contributed by atoms with Crippen molar-refractivity contribution in [2.45, 2.75) is 18.9 Å². The number of hydrogen-bond donors (Lipinski definition) is 1. The van der Waals surface area contributed by atoms with Crippen molar-refractivity contribution >= 4 is 16.3 Å². The van der Waals surface area contributed by atoms with Gasteiger partial charge in [0.2, 0.25) is 0 Å². The summed E-state index contributed by atoms with van der Waals surface area (Å²) in [7, 11) is 0. The van der Waals surface area contributed by atoms with Crippen LogP contribution in [0.15, 0.2) is 6.20 Å². The van der Waals surface area contributed by atoms with E-state index in [0.717, 1.165) is 26.1 Å². The summed E-state index contributed by atoms with van der Waals surface area (Å²) in [6.07, 6.45) is 3.76. The lowest BCUT2D eigenvalue weighted by Gasteiger charge is -2.21. The van der Waals surface area contributed by atoms with Gasteiger partial charge >= 0.3 is 0 Å². The van der Waals surface area contributed by atoms with Gasteiger partial charge in [-0.15, -0.1) is 0 Å². The lowest BCUT2D eigenvalue weighted by atomic mass is 10.2. The average Bonchev–Trinajstić information content (AvgIpc) is 2.53. The van der Waals surface area contributed by atoms with Crippen molar-refractivity contribution in [3.05, 3.63) is 6.20 Å². The first-order chi connectivity index (χ1) is 6.34. The first-order valence-corrected chi connectivity index (χ1v) is 5.12. The van der Waals surface area contributed by atoms with Crippen LogP contribution in [-0.4, -0.2) is 24.3 Å². The zero-order valence-corrected chi connectivity index (χ0v) is 8.05. The normalized spacial score (nSPS) is 18.8. The van der Waals surface area contributed by atoms with E-state index in [9.17, 15) is 0 Å². The Hall–Kier alpha value is -0.810. The molecular formula is C8H12N2O2S. The second-order valence-corrected chi connectivity index (χ2v) is 3.98. The van der Waals surface area contributed by atoms with Gasteiger partial charge < -0.3 is 15.2 Å². The van der Waals surface area contributed by atoms with Crippen molar-refractivity contribution < 1.29 is 9.47 Å². The van der Waals surface area contributed by atoms with E-state index in [1.807, 2.05) is 0 Å². The molecule has 2 rings (SSSR count). The molecule has 0 atom stereocenters. The predicted molar refractivity (Wildman–Crippen MR) is 51.0 cm³/mol. The third kappa shape index (κ3) is 2.32. The maximum absolute atomic E-state index is 5.62. The van der Waals surface area contributed by atoms with Crippen molar-refractivity contribution in [3.63, 3.8) is 0 Å². The van der Waals surface area contributed by atoms with Gasteiger partial charge in [0, 0.05) is 12.8 Å². The summed E-state index contributed by atoms with van der Waals surface area (Å²) in [5, 5.41) is 1.37. The Bertz CT molecular complexity index is 271. The molecular weight excluding hydrogens is 188 g/mol. The number of nitrogens with two attached hydrogens (primary N) is 1. The number of hydrogen-bond acceptors (Lipinski definition) is 5. The van der Waals surface area contributed by atoms with E-state index in [0.29, 0.717) is 10.2 Å². The highest BCUT2D eigenvalue weighted by Gasteiger charge is 2.16. The van der Waals surface area contributed by atoms with Crippen molar-refractivity contribution in [1.29, 1.82) is 0 Å². The van der Waals surface area contributed by atoms with Crippen molar-refractivity contribution in [2.75, 3.05) is 18.9 Å². The lowest BCUT2D eigenvalue weighted by Crippen LogP contribution is -2.25. The molecule has 1 aromatic heterocycles. The van der Waals surface area contributed by atoms with E-state index in [1.165, 1.54) is 11.3 Å². The number of thiazole rings is 1. The molecule has 1 aliphatic rings. The molecule has 72 valence electrons. The zero-order chi connectivity index (χ0) is 9.10. The highest BCUT2D eigenvalue weighted by Crippen LogP contribution is 2.25. The smallest absolute Gasteiger partial charge is 0.275 e. The van der Waals surface area contributed by atoms with Gasteiger partial charge in [0.1, 0.15) is 11.1 Å². The molecule has 1 fully saturated rings. The fourth-order valence-corrected chi connectivity index (χ4v) is 1.86. The lowest BCUT2D eigenvalue weighted by molar-refractivity contribution is 0.0255. The predicted octanol–water partition coefficient (Wildman–Crippen LogP) is 1.28. The van der Waals surface area contributed by atoms with Crippen LogP contribution in [0, 0.1) is 0 Å². The third-order valence-electron chi connectivity index (χ3n) is 1.94. The topological polar surface area (TPSA) is 57.4 Å². The molecule has 4 nitrogen and oxygen atoms in total. The van der Waals surface area contributed by atoms with E-state index >= 15 is 0 Å². The van der Waals surface area contributed by atoms with Gasteiger partial charge in [0.15, 0.2) is 0 Å². The number of ether oxygens (including phenoxy) is 2. The summed E-state index contributed by atoms with van der Waals surface area (Å²) in [6.45, 7) is 1.57. The molecule has 0 aliphatic carbocycles. The van der Waals surface area contributed by atoms with E-state index in [4.69, 9.17) is 15.2 Å². The standard InChI is InChI=1S/C8H12N2O2S/c9-7-5-10-8(13-7)12-6-1-3-11-4-2-6/h5-6H,1-4,9H2. The second kappa shape index (κ2) is 3.93. The maximum atomic E-state index is 5.62. The Morgan fingerprint density at radius 1 is 1.54 bits per heavy atom. The minimum atomic E-state index is 0.249. The van der Waals surface area contributed by atoms with Crippen LogP contribution in [-0.2, 0) is 4.74 Å². The van der Waals surface area contributed by atoms with Crippen LogP contribution in [0.3, 0.4) is 0 Å². The quantitative estimate of drug-likeness (QED) is 0.781. The monoisotopic (exact) mass is 200 g/mol. The minimum Gasteiger partial charge on any atom is -0.466 e. The van der Waals surface area contributed by atoms with Crippen LogP contribution >= 0.6 is 11.3 Å². The molecule has 2 N–H and O–H groups in total. The summed E-state index contributed by atoms with van der Waals surface area (Å²) < 4.78 is 10.8. The van der Waals surface area contributed by atoms with Gasteiger partial charge in [0.05, 0.1) is 19.4 Å². The van der Waals surface area contributed by atoms with Crippen molar-refractivity contribution in [1.82, 2.24) is 4.98 Å². The summed E-state index contributed by atoms with van der Waals surface area (Å²) in [5.74, 6) is 0. The van der Waals surface area contributed by atoms with Crippen molar-refractivity contribution in [2.24, 2.45) is 0 Å². The summed E-state index contributed by atoms with van der Waals surface area (Å²) >= 11 is 1.39. The van der Waals surface area contributed by atoms with Gasteiger partial charge in [-0.05, 0) is 0 Å². The molecule has 2 heterocycles. The Morgan fingerprint density at radius 3 is 2.92 bits per heavy atom. The van der Waals surface area contributed by atoms with Crippen LogP contribution in [0.4, 0.5) is 5.00 Å². The highest BCUT2D eigenvalue weighted by molar-refractivity contribution is 7.17. The zero-order valence-electron chi connectivity index (χ0n) is 7.23. The van der Waals surface area contributed by atoms with Crippen molar-refractivity contribution in [3.8, 4) is 5.19 Å². The highest BCUT2D eigenvalue weighted by atomic mass is 32.1. The second-order valence-electron chi connectivity index (χ2n) is 2.96. The Labute approximate surface area is 80.7 Å². The molecule has 1 aliphatic heterocycles. The number of anilines is 1. The summed E-state index contributed by atoms with van der Waals surface area (Å²) in [4.78, 5) is 4.04. The molecule has 1 saturated heterocycles. The third-order valence-corrected chi connectivity index (χ3v) is 2.66. The Morgan fingerprint density at radius 2 is 2.31 bits per heavy atom. The molecule has 0 spiro atoms. The number of aromatic nitrogens is 1.